The molecule has 12 heteroatoms. The molecule has 4 amide bonds. The van der Waals surface area contributed by atoms with E-state index in [0.29, 0.717) is 11.1 Å². The predicted molar refractivity (Wildman–Crippen MR) is 143 cm³/mol. The van der Waals surface area contributed by atoms with Crippen molar-refractivity contribution < 1.29 is 29.1 Å². The maximum absolute atomic E-state index is 13.4. The van der Waals surface area contributed by atoms with Crippen LogP contribution >= 0.6 is 0 Å². The Hall–Kier alpha value is -4.71. The first-order valence-corrected chi connectivity index (χ1v) is 12.4. The van der Waals surface area contributed by atoms with Gasteiger partial charge in [-0.05, 0) is 23.6 Å². The summed E-state index contributed by atoms with van der Waals surface area (Å²) >= 11 is 0. The molecule has 3 unspecified atom stereocenters. The first kappa shape index (κ1) is 28.9. The standard InChI is InChI=1S/C27H32N6O6/c28-14-24(35)31-20(10-11-23(29)34)25(36)32-21(13-17-15-30-19-9-5-4-8-18(17)19)26(37)33-22(27(38)39)12-16-6-2-1-3-7-16/h1-9,15,20-22,30H,10-14,28H2,(H2,29,34)(H,31,35)(H,32,36)(H,33,37)(H,38,39). The van der Waals surface area contributed by atoms with E-state index in [9.17, 15) is 29.1 Å². The normalized spacial score (nSPS) is 13.2. The van der Waals surface area contributed by atoms with Gasteiger partial charge in [-0.3, -0.25) is 19.2 Å². The molecule has 1 aromatic heterocycles. The third-order valence-electron chi connectivity index (χ3n) is 6.15. The van der Waals surface area contributed by atoms with Crippen molar-refractivity contribution in [1.29, 1.82) is 0 Å². The summed E-state index contributed by atoms with van der Waals surface area (Å²) in [6, 6.07) is 12.5. The van der Waals surface area contributed by atoms with E-state index in [1.54, 1.807) is 36.5 Å². The second-order valence-electron chi connectivity index (χ2n) is 9.04. The van der Waals surface area contributed by atoms with Gasteiger partial charge in [-0.2, -0.15) is 0 Å². The van der Waals surface area contributed by atoms with Crippen molar-refractivity contribution in [3.05, 3.63) is 71.9 Å². The van der Waals surface area contributed by atoms with Gasteiger partial charge in [0.2, 0.25) is 23.6 Å². The van der Waals surface area contributed by atoms with E-state index in [1.807, 2.05) is 24.3 Å². The van der Waals surface area contributed by atoms with E-state index >= 15 is 0 Å². The Labute approximate surface area is 224 Å². The molecule has 3 rings (SSSR count). The number of hydrogen-bond acceptors (Lipinski definition) is 6. The number of para-hydroxylation sites is 1. The highest BCUT2D eigenvalue weighted by molar-refractivity contribution is 5.94. The zero-order valence-corrected chi connectivity index (χ0v) is 21.2. The van der Waals surface area contributed by atoms with Crippen molar-refractivity contribution in [3.8, 4) is 0 Å². The van der Waals surface area contributed by atoms with Crippen LogP contribution in [0.15, 0.2) is 60.8 Å². The molecule has 206 valence electrons. The molecule has 0 saturated carbocycles. The maximum atomic E-state index is 13.4. The maximum Gasteiger partial charge on any atom is 0.326 e. The molecule has 1 heterocycles. The van der Waals surface area contributed by atoms with Gasteiger partial charge >= 0.3 is 5.97 Å². The summed E-state index contributed by atoms with van der Waals surface area (Å²) in [5.41, 5.74) is 12.8. The number of hydrogen-bond donors (Lipinski definition) is 7. The molecule has 0 aliphatic heterocycles. The molecule has 39 heavy (non-hydrogen) atoms. The van der Waals surface area contributed by atoms with Gasteiger partial charge < -0.3 is 37.5 Å². The molecular weight excluding hydrogens is 504 g/mol. The Kier molecular flexibility index (Phi) is 10.2. The molecular formula is C27H32N6O6. The van der Waals surface area contributed by atoms with E-state index < -0.39 is 47.7 Å². The first-order valence-electron chi connectivity index (χ1n) is 12.4. The lowest BCUT2D eigenvalue weighted by Crippen LogP contribution is -2.57. The van der Waals surface area contributed by atoms with E-state index in [4.69, 9.17) is 11.5 Å². The van der Waals surface area contributed by atoms with E-state index in [-0.39, 0.29) is 32.2 Å². The molecule has 3 atom stereocenters. The van der Waals surface area contributed by atoms with Gasteiger partial charge in [-0.1, -0.05) is 48.5 Å². The van der Waals surface area contributed by atoms with Gasteiger partial charge in [-0.25, -0.2) is 4.79 Å². The fraction of sp³-hybridized carbons (Fsp3) is 0.296. The largest absolute Gasteiger partial charge is 0.480 e. The van der Waals surface area contributed by atoms with Crippen molar-refractivity contribution in [1.82, 2.24) is 20.9 Å². The second kappa shape index (κ2) is 13.7. The average molecular weight is 537 g/mol. The number of rotatable bonds is 14. The number of benzene rings is 2. The van der Waals surface area contributed by atoms with Crippen LogP contribution in [0.25, 0.3) is 10.9 Å². The van der Waals surface area contributed by atoms with Crippen LogP contribution in [-0.4, -0.2) is 64.4 Å². The third-order valence-corrected chi connectivity index (χ3v) is 6.15. The second-order valence-corrected chi connectivity index (χ2v) is 9.04. The number of carboxylic acid groups (broad SMARTS) is 1. The fourth-order valence-electron chi connectivity index (χ4n) is 4.13. The molecule has 0 aliphatic carbocycles. The van der Waals surface area contributed by atoms with Crippen LogP contribution in [0.5, 0.6) is 0 Å². The van der Waals surface area contributed by atoms with Crippen LogP contribution in [0.4, 0.5) is 0 Å². The van der Waals surface area contributed by atoms with E-state index in [0.717, 1.165) is 10.9 Å². The molecule has 0 aliphatic rings. The Morgan fingerprint density at radius 1 is 0.821 bits per heavy atom. The number of nitrogens with two attached hydrogens (primary N) is 2. The molecule has 3 aromatic rings. The number of nitrogens with one attached hydrogen (secondary N) is 4. The summed E-state index contributed by atoms with van der Waals surface area (Å²) in [5, 5.41) is 18.2. The smallest absolute Gasteiger partial charge is 0.326 e. The minimum Gasteiger partial charge on any atom is -0.480 e. The zero-order valence-electron chi connectivity index (χ0n) is 21.2. The Bertz CT molecular complexity index is 1320. The van der Waals surface area contributed by atoms with Gasteiger partial charge in [0, 0.05) is 36.4 Å². The van der Waals surface area contributed by atoms with Crippen LogP contribution < -0.4 is 27.4 Å². The molecule has 9 N–H and O–H groups in total. The molecule has 2 aromatic carbocycles. The lowest BCUT2D eigenvalue weighted by atomic mass is 10.0. The summed E-state index contributed by atoms with van der Waals surface area (Å²) in [7, 11) is 0. The summed E-state index contributed by atoms with van der Waals surface area (Å²) in [4.78, 5) is 64.9. The van der Waals surface area contributed by atoms with Crippen LogP contribution in [0.1, 0.15) is 24.0 Å². The molecule has 0 spiro atoms. The molecule has 0 saturated heterocycles. The average Bonchev–Trinajstić information content (AvgIpc) is 3.33. The summed E-state index contributed by atoms with van der Waals surface area (Å²) in [5.74, 6) is -4.01. The number of carbonyl (C=O) groups is 5. The highest BCUT2D eigenvalue weighted by Crippen LogP contribution is 2.19. The Morgan fingerprint density at radius 2 is 1.46 bits per heavy atom. The number of carbonyl (C=O) groups excluding carboxylic acids is 4. The number of H-pyrrole nitrogens is 1. The van der Waals surface area contributed by atoms with Crippen LogP contribution in [0.2, 0.25) is 0 Å². The van der Waals surface area contributed by atoms with Gasteiger partial charge in [0.1, 0.15) is 18.1 Å². The molecule has 0 radical (unpaired) electrons. The minimum atomic E-state index is -1.26. The highest BCUT2D eigenvalue weighted by atomic mass is 16.4. The highest BCUT2D eigenvalue weighted by Gasteiger charge is 2.30. The van der Waals surface area contributed by atoms with Gasteiger partial charge in [0.05, 0.1) is 6.54 Å². The van der Waals surface area contributed by atoms with Crippen molar-refractivity contribution in [3.63, 3.8) is 0 Å². The topological polar surface area (TPSA) is 209 Å². The monoisotopic (exact) mass is 536 g/mol. The Balaban J connectivity index is 1.86. The zero-order chi connectivity index (χ0) is 28.4. The molecule has 0 fully saturated rings. The quantitative estimate of drug-likeness (QED) is 0.146. The fourth-order valence-corrected chi connectivity index (χ4v) is 4.13. The number of fused-ring (bicyclic) bond motifs is 1. The van der Waals surface area contributed by atoms with Crippen LogP contribution in [0.3, 0.4) is 0 Å². The number of primary amides is 1. The van der Waals surface area contributed by atoms with Crippen molar-refractivity contribution in [2.24, 2.45) is 11.5 Å². The number of aromatic amines is 1. The first-order chi connectivity index (χ1) is 18.7. The summed E-state index contributed by atoms with van der Waals surface area (Å²) in [6.45, 7) is -0.390. The van der Waals surface area contributed by atoms with Crippen LogP contribution in [0, 0.1) is 0 Å². The minimum absolute atomic E-state index is 0.0205. The van der Waals surface area contributed by atoms with Gasteiger partial charge in [0.15, 0.2) is 0 Å². The number of amides is 4. The van der Waals surface area contributed by atoms with Gasteiger partial charge in [-0.15, -0.1) is 0 Å². The third kappa shape index (κ3) is 8.40. The van der Waals surface area contributed by atoms with Gasteiger partial charge in [0.25, 0.3) is 0 Å². The predicted octanol–water partition coefficient (Wildman–Crippen LogP) is -0.284. The van der Waals surface area contributed by atoms with Crippen molar-refractivity contribution in [2.45, 2.75) is 43.8 Å². The van der Waals surface area contributed by atoms with Crippen molar-refractivity contribution in [2.75, 3.05) is 6.54 Å². The SMILES string of the molecule is NCC(=O)NC(CCC(N)=O)C(=O)NC(Cc1c[nH]c2ccccc12)C(=O)NC(Cc1ccccc1)C(=O)O. The lowest BCUT2D eigenvalue weighted by Gasteiger charge is -2.24. The number of aromatic nitrogens is 1. The van der Waals surface area contributed by atoms with E-state index in [2.05, 4.69) is 20.9 Å². The molecule has 12 nitrogen and oxygen atoms in total. The Morgan fingerprint density at radius 3 is 2.13 bits per heavy atom. The summed E-state index contributed by atoms with van der Waals surface area (Å²) < 4.78 is 0. The number of carboxylic acids is 1. The molecule has 0 bridgehead atoms. The summed E-state index contributed by atoms with van der Waals surface area (Å²) in [6.07, 6.45) is 1.45. The lowest BCUT2D eigenvalue weighted by molar-refractivity contribution is -0.142. The van der Waals surface area contributed by atoms with Crippen molar-refractivity contribution >= 4 is 40.5 Å². The number of aliphatic carboxylic acids is 1. The van der Waals surface area contributed by atoms with Crippen LogP contribution in [-0.2, 0) is 36.8 Å². The van der Waals surface area contributed by atoms with E-state index in [1.165, 1.54) is 0 Å².